The number of nitrogens with zero attached hydrogens (tertiary/aromatic N) is 2. The molecule has 3 nitrogen and oxygen atoms in total. The number of nitrogens with one attached hydrogen (secondary N) is 1. The van der Waals surface area contributed by atoms with Gasteiger partial charge in [-0.2, -0.15) is 0 Å². The first kappa shape index (κ1) is 10.6. The highest BCUT2D eigenvalue weighted by Gasteiger charge is 2.10. The molecule has 13 heavy (non-hydrogen) atoms. The normalized spacial score (nSPS) is 13.5. The van der Waals surface area contributed by atoms with E-state index in [0.717, 1.165) is 17.3 Å². The number of aromatic nitrogens is 2. The lowest BCUT2D eigenvalue weighted by molar-refractivity contribution is 0.440. The molecule has 1 aromatic rings. The lowest BCUT2D eigenvalue weighted by Gasteiger charge is -2.16. The zero-order valence-corrected chi connectivity index (χ0v) is 9.27. The third-order valence-corrected chi connectivity index (χ3v) is 2.71. The Morgan fingerprint density at radius 1 is 1.54 bits per heavy atom. The molecule has 1 atom stereocenters. The van der Waals surface area contributed by atoms with Crippen molar-refractivity contribution in [3.05, 3.63) is 10.5 Å². The summed E-state index contributed by atoms with van der Waals surface area (Å²) in [5.41, 5.74) is 1.79. The van der Waals surface area contributed by atoms with Crippen LogP contribution >= 0.6 is 11.3 Å². The first-order chi connectivity index (χ1) is 6.22. The Morgan fingerprint density at radius 3 is 2.77 bits per heavy atom. The summed E-state index contributed by atoms with van der Waals surface area (Å²) in [5.74, 6) is 0.727. The minimum absolute atomic E-state index is 0.535. The molecule has 0 saturated carbocycles. The van der Waals surface area contributed by atoms with E-state index in [-0.39, 0.29) is 0 Å². The van der Waals surface area contributed by atoms with Crippen LogP contribution in [0.15, 0.2) is 5.51 Å². The van der Waals surface area contributed by atoms with E-state index in [1.807, 2.05) is 7.05 Å². The lowest BCUT2D eigenvalue weighted by atomic mass is 10.0. The smallest absolute Gasteiger partial charge is 0.118 e. The van der Waals surface area contributed by atoms with E-state index in [9.17, 15) is 0 Å². The molecule has 0 amide bonds. The van der Waals surface area contributed by atoms with E-state index in [1.165, 1.54) is 6.42 Å². The third-order valence-electron chi connectivity index (χ3n) is 1.99. The molecule has 0 aliphatic carbocycles. The van der Waals surface area contributed by atoms with Crippen LogP contribution in [0.1, 0.15) is 25.3 Å². The summed E-state index contributed by atoms with van der Waals surface area (Å²) in [7, 11) is 2.01. The summed E-state index contributed by atoms with van der Waals surface area (Å²) in [5, 5.41) is 12.3. The van der Waals surface area contributed by atoms with E-state index in [1.54, 1.807) is 16.8 Å². The van der Waals surface area contributed by atoms with Crippen molar-refractivity contribution < 1.29 is 0 Å². The molecule has 1 N–H and O–H groups in total. The van der Waals surface area contributed by atoms with Crippen LogP contribution in [0.2, 0.25) is 0 Å². The fourth-order valence-corrected chi connectivity index (χ4v) is 1.98. The Labute approximate surface area is 83.6 Å². The standard InChI is InChI=1S/C9H17N3S/c1-7(2)4-8(10-3)5-9-12-11-6-13-9/h6-8,10H,4-5H2,1-3H3. The zero-order chi connectivity index (χ0) is 9.68. The van der Waals surface area contributed by atoms with Gasteiger partial charge in [0.2, 0.25) is 0 Å². The molecule has 0 saturated heterocycles. The second kappa shape index (κ2) is 5.29. The summed E-state index contributed by atoms with van der Waals surface area (Å²) in [4.78, 5) is 0. The average molecular weight is 199 g/mol. The van der Waals surface area contributed by atoms with Crippen LogP contribution in [-0.4, -0.2) is 23.3 Å². The SMILES string of the molecule is CNC(Cc1nncs1)CC(C)C. The molecule has 1 rings (SSSR count). The van der Waals surface area contributed by atoms with Gasteiger partial charge in [-0.05, 0) is 19.4 Å². The van der Waals surface area contributed by atoms with Crippen molar-refractivity contribution in [3.63, 3.8) is 0 Å². The van der Waals surface area contributed by atoms with E-state index < -0.39 is 0 Å². The molecule has 4 heteroatoms. The molecule has 74 valence electrons. The predicted molar refractivity (Wildman–Crippen MR) is 55.9 cm³/mol. The van der Waals surface area contributed by atoms with Crippen molar-refractivity contribution in [2.24, 2.45) is 5.92 Å². The predicted octanol–water partition coefficient (Wildman–Crippen LogP) is 1.71. The molecule has 0 aliphatic rings. The van der Waals surface area contributed by atoms with Crippen LogP contribution < -0.4 is 5.32 Å². The van der Waals surface area contributed by atoms with Gasteiger partial charge in [0.25, 0.3) is 0 Å². The number of hydrogen-bond donors (Lipinski definition) is 1. The molecule has 1 unspecified atom stereocenters. The van der Waals surface area contributed by atoms with Crippen molar-refractivity contribution in [1.82, 2.24) is 15.5 Å². The topological polar surface area (TPSA) is 37.8 Å². The van der Waals surface area contributed by atoms with Crippen LogP contribution in [-0.2, 0) is 6.42 Å². The maximum Gasteiger partial charge on any atom is 0.118 e. The number of hydrogen-bond acceptors (Lipinski definition) is 4. The quantitative estimate of drug-likeness (QED) is 0.784. The average Bonchev–Trinajstić information content (AvgIpc) is 2.55. The van der Waals surface area contributed by atoms with Crippen LogP contribution in [0.3, 0.4) is 0 Å². The van der Waals surface area contributed by atoms with Gasteiger partial charge in [0, 0.05) is 12.5 Å². The Hall–Kier alpha value is -0.480. The molecule has 0 aliphatic heterocycles. The maximum atomic E-state index is 4.04. The van der Waals surface area contributed by atoms with E-state index in [4.69, 9.17) is 0 Å². The van der Waals surface area contributed by atoms with Gasteiger partial charge in [0.1, 0.15) is 10.5 Å². The Bertz CT molecular complexity index is 221. The first-order valence-electron chi connectivity index (χ1n) is 4.64. The summed E-state index contributed by atoms with van der Waals surface area (Å²) in [6, 6.07) is 0.535. The van der Waals surface area contributed by atoms with Crippen molar-refractivity contribution in [2.75, 3.05) is 7.05 Å². The molecule has 0 fully saturated rings. The highest BCUT2D eigenvalue weighted by molar-refractivity contribution is 7.09. The van der Waals surface area contributed by atoms with Crippen LogP contribution in [0.4, 0.5) is 0 Å². The molecule has 1 aromatic heterocycles. The summed E-state index contributed by atoms with van der Waals surface area (Å²) < 4.78 is 0. The maximum absolute atomic E-state index is 4.04. The van der Waals surface area contributed by atoms with E-state index in [0.29, 0.717) is 6.04 Å². The minimum Gasteiger partial charge on any atom is -0.317 e. The van der Waals surface area contributed by atoms with Gasteiger partial charge < -0.3 is 5.32 Å². The molecular formula is C9H17N3S. The van der Waals surface area contributed by atoms with Gasteiger partial charge >= 0.3 is 0 Å². The highest BCUT2D eigenvalue weighted by atomic mass is 32.1. The number of rotatable bonds is 5. The van der Waals surface area contributed by atoms with Crippen LogP contribution in [0, 0.1) is 5.92 Å². The molecule has 0 spiro atoms. The third kappa shape index (κ3) is 3.83. The van der Waals surface area contributed by atoms with E-state index in [2.05, 4.69) is 29.4 Å². The van der Waals surface area contributed by atoms with Gasteiger partial charge in [-0.25, -0.2) is 0 Å². The van der Waals surface area contributed by atoms with Gasteiger partial charge in [0.05, 0.1) is 0 Å². The van der Waals surface area contributed by atoms with Crippen LogP contribution in [0.5, 0.6) is 0 Å². The molecule has 1 heterocycles. The summed E-state index contributed by atoms with van der Waals surface area (Å²) >= 11 is 1.63. The Morgan fingerprint density at radius 2 is 2.31 bits per heavy atom. The second-order valence-corrected chi connectivity index (χ2v) is 4.57. The van der Waals surface area contributed by atoms with Gasteiger partial charge in [-0.15, -0.1) is 21.5 Å². The van der Waals surface area contributed by atoms with Gasteiger partial charge in [-0.3, -0.25) is 0 Å². The largest absolute Gasteiger partial charge is 0.317 e. The van der Waals surface area contributed by atoms with Crippen molar-refractivity contribution in [1.29, 1.82) is 0 Å². The van der Waals surface area contributed by atoms with Crippen molar-refractivity contribution >= 4 is 11.3 Å². The Kier molecular flexibility index (Phi) is 4.32. The monoisotopic (exact) mass is 199 g/mol. The fourth-order valence-electron chi connectivity index (χ4n) is 1.37. The summed E-state index contributed by atoms with van der Waals surface area (Å²) in [6.45, 7) is 4.48. The van der Waals surface area contributed by atoms with Crippen molar-refractivity contribution in [2.45, 2.75) is 32.7 Å². The van der Waals surface area contributed by atoms with Gasteiger partial charge in [-0.1, -0.05) is 13.8 Å². The number of likely N-dealkylation sites (N-methyl/N-ethyl adjacent to an activating group) is 1. The summed E-state index contributed by atoms with van der Waals surface area (Å²) in [6.07, 6.45) is 2.19. The zero-order valence-electron chi connectivity index (χ0n) is 8.45. The Balaban J connectivity index is 2.40. The highest BCUT2D eigenvalue weighted by Crippen LogP contribution is 2.11. The second-order valence-electron chi connectivity index (χ2n) is 3.65. The van der Waals surface area contributed by atoms with Crippen molar-refractivity contribution in [3.8, 4) is 0 Å². The molecule has 0 bridgehead atoms. The molecule has 0 radical (unpaired) electrons. The van der Waals surface area contributed by atoms with Gasteiger partial charge in [0.15, 0.2) is 0 Å². The first-order valence-corrected chi connectivity index (χ1v) is 5.52. The molecular weight excluding hydrogens is 182 g/mol. The minimum atomic E-state index is 0.535. The fraction of sp³-hybridized carbons (Fsp3) is 0.778. The molecule has 0 aromatic carbocycles. The van der Waals surface area contributed by atoms with E-state index >= 15 is 0 Å². The lowest BCUT2D eigenvalue weighted by Crippen LogP contribution is -2.29. The van der Waals surface area contributed by atoms with Crippen LogP contribution in [0.25, 0.3) is 0 Å².